The number of likely N-dealkylation sites (tertiary alicyclic amines) is 1. The van der Waals surface area contributed by atoms with Crippen LogP contribution in [0.3, 0.4) is 0 Å². The molecule has 2 aromatic rings. The van der Waals surface area contributed by atoms with Crippen LogP contribution in [-0.4, -0.2) is 178 Å². The highest BCUT2D eigenvalue weighted by Gasteiger charge is 2.40. The predicted molar refractivity (Wildman–Crippen MR) is 316 cm³/mol. The van der Waals surface area contributed by atoms with Gasteiger partial charge < -0.3 is 81.0 Å². The molecule has 83 heavy (non-hydrogen) atoms. The zero-order valence-corrected chi connectivity index (χ0v) is 49.5. The summed E-state index contributed by atoms with van der Waals surface area (Å²) >= 11 is 2.91. The molecule has 19 N–H and O–H groups in total. The molecular formula is C54H84N14O13S2. The van der Waals surface area contributed by atoms with Gasteiger partial charge in [0.25, 0.3) is 5.97 Å². The van der Waals surface area contributed by atoms with Gasteiger partial charge in [0.2, 0.25) is 59.1 Å². The van der Waals surface area contributed by atoms with Crippen LogP contribution >= 0.6 is 23.5 Å². The SMILES string of the molecule is CC(=O)O.CSCCC(N)C(=O)NC(CC(N)=O)C(=O)NC(Cc1ccc(O)cc1)C(=O)NC(CC(C)C)C(=O)NC(C)C(=O)NC(Cc1ccccc1)C(=O)N1CCCC1C(=O)NC(CCCN=C(N)N)C(=O)NC(CCSC)C(N)=O. The van der Waals surface area contributed by atoms with Crippen molar-refractivity contribution < 1.29 is 63.0 Å². The summed E-state index contributed by atoms with van der Waals surface area (Å²) in [5.41, 5.74) is 29.2. The van der Waals surface area contributed by atoms with Crippen molar-refractivity contribution in [3.8, 4) is 5.75 Å². The number of carboxylic acids is 1. The number of aromatic hydroxyl groups is 1. The largest absolute Gasteiger partial charge is 0.508 e. The quantitative estimate of drug-likeness (QED) is 0.0204. The maximum absolute atomic E-state index is 14.6. The Labute approximate surface area is 492 Å². The fourth-order valence-corrected chi connectivity index (χ4v) is 9.41. The average Bonchev–Trinajstić information content (AvgIpc) is 4.10. The molecule has 0 aromatic heterocycles. The molecule has 29 heteroatoms. The van der Waals surface area contributed by atoms with Crippen LogP contribution in [0.2, 0.25) is 0 Å². The molecule has 0 aliphatic carbocycles. The Morgan fingerprint density at radius 3 is 1.73 bits per heavy atom. The monoisotopic (exact) mass is 1200 g/mol. The molecule has 460 valence electrons. The topological polar surface area (TPSA) is 458 Å². The van der Waals surface area contributed by atoms with Gasteiger partial charge in [-0.2, -0.15) is 23.5 Å². The van der Waals surface area contributed by atoms with Crippen molar-refractivity contribution in [2.75, 3.05) is 37.1 Å². The van der Waals surface area contributed by atoms with Crippen molar-refractivity contribution in [2.45, 2.75) is 146 Å². The van der Waals surface area contributed by atoms with E-state index < -0.39 is 126 Å². The number of benzene rings is 2. The summed E-state index contributed by atoms with van der Waals surface area (Å²) in [4.78, 5) is 150. The Hall–Kier alpha value is -7.66. The van der Waals surface area contributed by atoms with Gasteiger partial charge in [0.15, 0.2) is 5.96 Å². The number of aliphatic carboxylic acids is 1. The second kappa shape index (κ2) is 37.4. The number of carbonyl (C=O) groups excluding carboxylic acids is 10. The van der Waals surface area contributed by atoms with Gasteiger partial charge in [0.1, 0.15) is 54.1 Å². The number of phenolic OH excluding ortho intramolecular Hbond substituents is 1. The molecule has 0 radical (unpaired) electrons. The minimum Gasteiger partial charge on any atom is -0.508 e. The summed E-state index contributed by atoms with van der Waals surface area (Å²) in [5.74, 6) is -7.92. The third-order valence-corrected chi connectivity index (χ3v) is 14.0. The van der Waals surface area contributed by atoms with Gasteiger partial charge in [-0.1, -0.05) is 56.3 Å². The fourth-order valence-electron chi connectivity index (χ4n) is 8.45. The van der Waals surface area contributed by atoms with E-state index >= 15 is 0 Å². The van der Waals surface area contributed by atoms with Crippen molar-refractivity contribution in [1.82, 2.24) is 42.1 Å². The van der Waals surface area contributed by atoms with Gasteiger partial charge >= 0.3 is 0 Å². The van der Waals surface area contributed by atoms with Crippen molar-refractivity contribution in [3.05, 3.63) is 65.7 Å². The van der Waals surface area contributed by atoms with Gasteiger partial charge in [0.05, 0.1) is 12.5 Å². The van der Waals surface area contributed by atoms with Crippen molar-refractivity contribution in [2.24, 2.45) is 39.6 Å². The molecule has 3 rings (SSSR count). The first-order valence-corrected chi connectivity index (χ1v) is 29.8. The molecule has 0 spiro atoms. The van der Waals surface area contributed by atoms with Crippen LogP contribution in [0.5, 0.6) is 5.75 Å². The Morgan fingerprint density at radius 1 is 0.639 bits per heavy atom. The number of guanidine groups is 1. The van der Waals surface area contributed by atoms with Crippen LogP contribution in [-0.2, 0) is 65.6 Å². The molecule has 1 heterocycles. The third kappa shape index (κ3) is 27.3. The molecule has 1 aliphatic rings. The van der Waals surface area contributed by atoms with E-state index in [1.54, 1.807) is 44.2 Å². The molecule has 0 bridgehead atoms. The van der Waals surface area contributed by atoms with E-state index in [4.69, 9.17) is 38.6 Å². The smallest absolute Gasteiger partial charge is 0.300 e. The number of primary amides is 2. The average molecular weight is 1200 g/mol. The number of carbonyl (C=O) groups is 11. The van der Waals surface area contributed by atoms with Crippen molar-refractivity contribution in [3.63, 3.8) is 0 Å². The number of hydrogen-bond donors (Lipinski definition) is 14. The Morgan fingerprint density at radius 2 is 1.16 bits per heavy atom. The van der Waals surface area contributed by atoms with Crippen LogP contribution in [0.4, 0.5) is 0 Å². The number of nitrogens with one attached hydrogen (secondary N) is 7. The number of nitrogens with two attached hydrogens (primary N) is 5. The molecule has 10 amide bonds. The van der Waals surface area contributed by atoms with E-state index in [0.29, 0.717) is 29.1 Å². The number of nitrogens with zero attached hydrogens (tertiary/aromatic N) is 2. The molecule has 2 aromatic carbocycles. The molecule has 27 nitrogen and oxygen atoms in total. The van der Waals surface area contributed by atoms with Gasteiger partial charge in [-0.3, -0.25) is 57.7 Å². The lowest BCUT2D eigenvalue weighted by Crippen LogP contribution is -2.60. The summed E-state index contributed by atoms with van der Waals surface area (Å²) in [6.45, 7) is 6.32. The predicted octanol–water partition coefficient (Wildman–Crippen LogP) is -2.03. The lowest BCUT2D eigenvalue weighted by Gasteiger charge is -2.31. The summed E-state index contributed by atoms with van der Waals surface area (Å²) in [7, 11) is 0. The van der Waals surface area contributed by atoms with Crippen molar-refractivity contribution >= 4 is 94.5 Å². The third-order valence-electron chi connectivity index (χ3n) is 12.7. The van der Waals surface area contributed by atoms with Crippen LogP contribution in [0.25, 0.3) is 0 Å². The molecule has 1 saturated heterocycles. The van der Waals surface area contributed by atoms with Gasteiger partial charge in [0, 0.05) is 32.9 Å². The lowest BCUT2D eigenvalue weighted by molar-refractivity contribution is -0.142. The Bertz CT molecular complexity index is 2520. The summed E-state index contributed by atoms with van der Waals surface area (Å²) < 4.78 is 0. The molecule has 9 unspecified atom stereocenters. The number of aliphatic imine (C=N–C) groups is 1. The van der Waals surface area contributed by atoms with Gasteiger partial charge in [-0.15, -0.1) is 0 Å². The van der Waals surface area contributed by atoms with E-state index in [9.17, 15) is 53.1 Å². The van der Waals surface area contributed by atoms with Crippen LogP contribution in [0, 0.1) is 5.92 Å². The number of thioether (sulfide) groups is 2. The number of rotatable bonds is 34. The van der Waals surface area contributed by atoms with E-state index in [0.717, 1.165) is 6.92 Å². The number of amides is 10. The minimum atomic E-state index is -1.52. The fraction of sp³-hybridized carbons (Fsp3) is 0.556. The Balaban J connectivity index is 0.00000568. The van der Waals surface area contributed by atoms with E-state index in [1.807, 2.05) is 12.5 Å². The summed E-state index contributed by atoms with van der Waals surface area (Å²) in [5, 5.41) is 35.8. The zero-order valence-electron chi connectivity index (χ0n) is 47.9. The zero-order chi connectivity index (χ0) is 62.3. The molecule has 1 aliphatic heterocycles. The van der Waals surface area contributed by atoms with Crippen LogP contribution < -0.4 is 65.9 Å². The highest BCUT2D eigenvalue weighted by molar-refractivity contribution is 7.98. The summed E-state index contributed by atoms with van der Waals surface area (Å²) in [6, 6.07) is 3.46. The molecular weight excluding hydrogens is 1120 g/mol. The van der Waals surface area contributed by atoms with Crippen LogP contribution in [0.15, 0.2) is 59.6 Å². The number of phenols is 1. The number of hydrogen-bond acceptors (Lipinski definition) is 16. The molecule has 9 atom stereocenters. The maximum Gasteiger partial charge on any atom is 0.300 e. The minimum absolute atomic E-state index is 0.0216. The summed E-state index contributed by atoms with van der Waals surface area (Å²) in [6.07, 6.45) is 4.35. The van der Waals surface area contributed by atoms with E-state index in [-0.39, 0.29) is 82.1 Å². The first-order chi connectivity index (χ1) is 39.2. The van der Waals surface area contributed by atoms with E-state index in [2.05, 4.69) is 42.2 Å². The maximum atomic E-state index is 14.6. The Kier molecular flexibility index (Phi) is 32.2. The van der Waals surface area contributed by atoms with Gasteiger partial charge in [-0.25, -0.2) is 0 Å². The standard InChI is InChI=1S/C52H80N14O11S2.C2H4O2/c1-29(2)25-37(63-48(74)38(26-32-15-17-33(67)18-16-32)64-49(75)39(28-42(54)68)62-45(71)34(53)19-23-78-4)47(73)59-30(3)44(70)65-40(27-31-11-7-6-8-12-31)51(77)66-22-10-14-41(66)50(76)61-36(13-9-21-58-52(56)57)46(72)60-35(43(55)69)20-24-79-5;1-2(3)4/h6-8,11-12,15-18,29-30,34-41,67H,9-10,13-14,19-28,53H2,1-5H3,(H2,54,68)(H2,55,69)(H,59,73)(H,60,72)(H,61,76)(H,62,71)(H,63,74)(H,64,75)(H,65,70)(H4,56,57,58);1H3,(H,3,4). The van der Waals surface area contributed by atoms with Gasteiger partial charge in [-0.05, 0) is 105 Å². The normalized spacial score (nSPS) is 15.6. The lowest BCUT2D eigenvalue weighted by atomic mass is 10.00. The first kappa shape index (κ1) is 71.4. The van der Waals surface area contributed by atoms with Crippen molar-refractivity contribution in [1.29, 1.82) is 0 Å². The van der Waals surface area contributed by atoms with Crippen LogP contribution in [0.1, 0.15) is 90.2 Å². The second-order valence-electron chi connectivity index (χ2n) is 20.2. The van der Waals surface area contributed by atoms with E-state index in [1.165, 1.54) is 59.6 Å². The highest BCUT2D eigenvalue weighted by atomic mass is 32.2. The molecule has 1 fully saturated rings. The first-order valence-electron chi connectivity index (χ1n) is 27.0. The molecule has 0 saturated carbocycles. The number of carboxylic acid groups (broad SMARTS) is 1. The highest BCUT2D eigenvalue weighted by Crippen LogP contribution is 2.21. The second-order valence-corrected chi connectivity index (χ2v) is 22.2.